The smallest absolute Gasteiger partial charge is 0.252 e. The van der Waals surface area contributed by atoms with Crippen molar-refractivity contribution < 1.29 is 17.6 Å². The van der Waals surface area contributed by atoms with Crippen molar-refractivity contribution in [2.24, 2.45) is 0 Å². The molecule has 0 radical (unpaired) electrons. The Labute approximate surface area is 95.4 Å². The molecule has 0 bridgehead atoms. The predicted octanol–water partition coefficient (Wildman–Crippen LogP) is 3.55. The van der Waals surface area contributed by atoms with E-state index in [1.165, 1.54) is 0 Å². The highest BCUT2D eigenvalue weighted by Gasteiger charge is 2.33. The van der Waals surface area contributed by atoms with Gasteiger partial charge in [-0.3, -0.25) is 4.98 Å². The lowest BCUT2D eigenvalue weighted by atomic mass is 10.3. The Bertz CT molecular complexity index is 553. The molecule has 1 aromatic carbocycles. The summed E-state index contributed by atoms with van der Waals surface area (Å²) in [6, 6.07) is 2.18. The van der Waals surface area contributed by atoms with Gasteiger partial charge in [-0.1, -0.05) is 0 Å². The van der Waals surface area contributed by atoms with Crippen molar-refractivity contribution in [2.45, 2.75) is 6.18 Å². The number of hydrogen-bond donors (Lipinski definition) is 0. The van der Waals surface area contributed by atoms with Gasteiger partial charge in [0.25, 0.3) is 0 Å². The predicted molar refractivity (Wildman–Crippen MR) is 52.2 cm³/mol. The van der Waals surface area contributed by atoms with E-state index in [1.807, 2.05) is 0 Å². The monoisotopic (exact) mass is 294 g/mol. The summed E-state index contributed by atoms with van der Waals surface area (Å²) < 4.78 is 50.0. The fraction of sp³-hybridized carbons (Fsp3) is 0.111. The van der Waals surface area contributed by atoms with Crippen molar-refractivity contribution in [3.8, 4) is 0 Å². The molecular weight excluding hydrogens is 292 g/mol. The molecule has 0 aliphatic rings. The summed E-state index contributed by atoms with van der Waals surface area (Å²) in [4.78, 5) is 6.87. The van der Waals surface area contributed by atoms with Gasteiger partial charge in [-0.05, 0) is 22.0 Å². The molecule has 16 heavy (non-hydrogen) atoms. The van der Waals surface area contributed by atoms with Crippen molar-refractivity contribution in [1.82, 2.24) is 9.97 Å². The van der Waals surface area contributed by atoms with E-state index in [9.17, 15) is 17.6 Å². The first-order valence-corrected chi connectivity index (χ1v) is 4.86. The van der Waals surface area contributed by atoms with Gasteiger partial charge >= 0.3 is 6.18 Å². The quantitative estimate of drug-likeness (QED) is 0.695. The average Bonchev–Trinajstić information content (AvgIpc) is 2.17. The molecule has 7 heteroatoms. The number of fused-ring (bicyclic) bond motifs is 1. The van der Waals surface area contributed by atoms with Gasteiger partial charge in [-0.15, -0.1) is 0 Å². The molecule has 0 N–H and O–H groups in total. The second-order valence-electron chi connectivity index (χ2n) is 3.01. The van der Waals surface area contributed by atoms with Crippen LogP contribution in [-0.2, 0) is 6.18 Å². The zero-order valence-corrected chi connectivity index (χ0v) is 9.10. The van der Waals surface area contributed by atoms with Crippen LogP contribution in [0.25, 0.3) is 11.0 Å². The first kappa shape index (κ1) is 11.3. The molecule has 1 aromatic heterocycles. The summed E-state index contributed by atoms with van der Waals surface area (Å²) in [5.41, 5.74) is -1.03. The van der Waals surface area contributed by atoms with Crippen LogP contribution in [0.2, 0.25) is 0 Å². The van der Waals surface area contributed by atoms with Crippen LogP contribution in [0.1, 0.15) is 5.69 Å². The molecule has 0 aliphatic heterocycles. The topological polar surface area (TPSA) is 25.8 Å². The van der Waals surface area contributed by atoms with Gasteiger partial charge in [0, 0.05) is 6.07 Å². The molecule has 0 aliphatic carbocycles. The molecule has 0 unspecified atom stereocenters. The Morgan fingerprint density at radius 2 is 1.81 bits per heavy atom. The lowest BCUT2D eigenvalue weighted by Crippen LogP contribution is -2.08. The van der Waals surface area contributed by atoms with Gasteiger partial charge in [-0.25, -0.2) is 9.37 Å². The van der Waals surface area contributed by atoms with Crippen molar-refractivity contribution >= 4 is 27.0 Å². The third-order valence-electron chi connectivity index (χ3n) is 1.87. The minimum Gasteiger partial charge on any atom is -0.252 e. The highest BCUT2D eigenvalue weighted by atomic mass is 79.9. The molecule has 2 aromatic rings. The molecule has 2 rings (SSSR count). The van der Waals surface area contributed by atoms with Gasteiger partial charge in [0.05, 0.1) is 21.7 Å². The SMILES string of the molecule is Fc1cc2ncc(C(F)(F)F)nc2cc1Br. The molecular formula is C9H3BrF4N2. The number of benzene rings is 1. The summed E-state index contributed by atoms with van der Waals surface area (Å²) in [5.74, 6) is -0.596. The number of nitrogens with zero attached hydrogens (tertiary/aromatic N) is 2. The fourth-order valence-corrected chi connectivity index (χ4v) is 1.48. The van der Waals surface area contributed by atoms with E-state index in [-0.39, 0.29) is 15.5 Å². The van der Waals surface area contributed by atoms with Gasteiger partial charge in [-0.2, -0.15) is 13.2 Å². The summed E-state index contributed by atoms with van der Waals surface area (Å²) in [7, 11) is 0. The lowest BCUT2D eigenvalue weighted by molar-refractivity contribution is -0.141. The standard InChI is InChI=1S/C9H3BrF4N2/c10-4-1-7-6(2-5(4)11)15-3-8(16-7)9(12,13)14/h1-3H. The second-order valence-corrected chi connectivity index (χ2v) is 3.86. The van der Waals surface area contributed by atoms with Crippen molar-refractivity contribution in [1.29, 1.82) is 0 Å². The number of halogens is 5. The minimum atomic E-state index is -4.55. The van der Waals surface area contributed by atoms with Crippen LogP contribution in [0.4, 0.5) is 17.6 Å². The van der Waals surface area contributed by atoms with E-state index >= 15 is 0 Å². The van der Waals surface area contributed by atoms with Crippen LogP contribution in [0, 0.1) is 5.82 Å². The minimum absolute atomic E-state index is 0.0110. The summed E-state index contributed by atoms with van der Waals surface area (Å²) in [6.45, 7) is 0. The Morgan fingerprint density at radius 1 is 1.12 bits per heavy atom. The Morgan fingerprint density at radius 3 is 2.44 bits per heavy atom. The molecule has 0 atom stereocenters. The third-order valence-corrected chi connectivity index (χ3v) is 2.48. The van der Waals surface area contributed by atoms with E-state index in [4.69, 9.17) is 0 Å². The van der Waals surface area contributed by atoms with E-state index in [2.05, 4.69) is 25.9 Å². The maximum atomic E-state index is 13.0. The molecule has 0 saturated carbocycles. The molecule has 0 saturated heterocycles. The normalized spacial score (nSPS) is 12.1. The lowest BCUT2D eigenvalue weighted by Gasteiger charge is -2.06. The molecule has 2 nitrogen and oxygen atoms in total. The van der Waals surface area contributed by atoms with Gasteiger partial charge in [0.1, 0.15) is 5.82 Å². The highest BCUT2D eigenvalue weighted by Crippen LogP contribution is 2.29. The number of rotatable bonds is 0. The Kier molecular flexibility index (Phi) is 2.57. The Hall–Kier alpha value is -1.24. The maximum Gasteiger partial charge on any atom is 0.434 e. The third kappa shape index (κ3) is 1.99. The first-order valence-electron chi connectivity index (χ1n) is 4.07. The van der Waals surface area contributed by atoms with Crippen LogP contribution in [0.3, 0.4) is 0 Å². The van der Waals surface area contributed by atoms with Crippen LogP contribution in [-0.4, -0.2) is 9.97 Å². The summed E-state index contributed by atoms with van der Waals surface area (Å²) in [6.07, 6.45) is -3.97. The first-order chi connectivity index (χ1) is 7.38. The second kappa shape index (κ2) is 3.65. The van der Waals surface area contributed by atoms with Crippen LogP contribution >= 0.6 is 15.9 Å². The van der Waals surface area contributed by atoms with Crippen molar-refractivity contribution in [3.05, 3.63) is 34.3 Å². The van der Waals surface area contributed by atoms with Crippen molar-refractivity contribution in [2.75, 3.05) is 0 Å². The van der Waals surface area contributed by atoms with Crippen LogP contribution in [0.5, 0.6) is 0 Å². The van der Waals surface area contributed by atoms with E-state index in [1.54, 1.807) is 0 Å². The summed E-state index contributed by atoms with van der Waals surface area (Å²) >= 11 is 2.87. The zero-order valence-electron chi connectivity index (χ0n) is 7.52. The van der Waals surface area contributed by atoms with Crippen LogP contribution < -0.4 is 0 Å². The van der Waals surface area contributed by atoms with Crippen LogP contribution in [0.15, 0.2) is 22.8 Å². The number of hydrogen-bond acceptors (Lipinski definition) is 2. The van der Waals surface area contributed by atoms with Gasteiger partial charge < -0.3 is 0 Å². The van der Waals surface area contributed by atoms with E-state index < -0.39 is 17.7 Å². The number of alkyl halides is 3. The summed E-state index contributed by atoms with van der Waals surface area (Å²) in [5, 5.41) is 0. The average molecular weight is 295 g/mol. The highest BCUT2D eigenvalue weighted by molar-refractivity contribution is 9.10. The molecule has 1 heterocycles. The largest absolute Gasteiger partial charge is 0.434 e. The molecule has 0 amide bonds. The molecule has 0 spiro atoms. The fourth-order valence-electron chi connectivity index (χ4n) is 1.14. The van der Waals surface area contributed by atoms with Crippen molar-refractivity contribution in [3.63, 3.8) is 0 Å². The van der Waals surface area contributed by atoms with Gasteiger partial charge in [0.15, 0.2) is 5.69 Å². The van der Waals surface area contributed by atoms with E-state index in [0.717, 1.165) is 12.1 Å². The zero-order chi connectivity index (χ0) is 11.9. The van der Waals surface area contributed by atoms with Gasteiger partial charge in [0.2, 0.25) is 0 Å². The maximum absolute atomic E-state index is 13.0. The number of aromatic nitrogens is 2. The van der Waals surface area contributed by atoms with E-state index in [0.29, 0.717) is 6.20 Å². The molecule has 0 fully saturated rings. The Balaban J connectivity index is 2.67. The molecule has 84 valence electrons.